The third kappa shape index (κ3) is 2.97. The van der Waals surface area contributed by atoms with E-state index in [2.05, 4.69) is 28.4 Å². The van der Waals surface area contributed by atoms with Crippen LogP contribution in [0.1, 0.15) is 46.8 Å². The van der Waals surface area contributed by atoms with Gasteiger partial charge in [0.1, 0.15) is 0 Å². The molecular weight excluding hydrogens is 334 g/mol. The first-order valence-electron chi connectivity index (χ1n) is 10.1. The van der Waals surface area contributed by atoms with Crippen LogP contribution in [0.25, 0.3) is 11.1 Å². The number of aryl methyl sites for hydroxylation is 1. The van der Waals surface area contributed by atoms with Crippen LogP contribution in [0.15, 0.2) is 42.5 Å². The number of hydrogen-bond acceptors (Lipinski definition) is 3. The average Bonchev–Trinajstić information content (AvgIpc) is 3.09. The highest BCUT2D eigenvalue weighted by Gasteiger charge is 2.46. The summed E-state index contributed by atoms with van der Waals surface area (Å²) in [5.74, 6) is -0.376. The summed E-state index contributed by atoms with van der Waals surface area (Å²) in [4.78, 5) is 14.0. The van der Waals surface area contributed by atoms with Crippen LogP contribution in [-0.4, -0.2) is 37.0 Å². The summed E-state index contributed by atoms with van der Waals surface area (Å²) < 4.78 is 0. The number of carbonyl (C=O) groups excluding carboxylic acids is 1. The van der Waals surface area contributed by atoms with Gasteiger partial charge in [0.05, 0.1) is 0 Å². The van der Waals surface area contributed by atoms with E-state index in [0.29, 0.717) is 17.0 Å². The van der Waals surface area contributed by atoms with Crippen molar-refractivity contribution in [3.63, 3.8) is 0 Å². The van der Waals surface area contributed by atoms with Crippen molar-refractivity contribution in [2.24, 2.45) is 11.1 Å². The lowest BCUT2D eigenvalue weighted by Gasteiger charge is -2.55. The van der Waals surface area contributed by atoms with Gasteiger partial charge in [-0.3, -0.25) is 9.69 Å². The number of amides is 1. The summed E-state index contributed by atoms with van der Waals surface area (Å²) in [5, 5.41) is 3.50. The van der Waals surface area contributed by atoms with Crippen LogP contribution >= 0.6 is 0 Å². The molecule has 0 bridgehead atoms. The van der Waals surface area contributed by atoms with Crippen molar-refractivity contribution in [3.05, 3.63) is 59.2 Å². The maximum Gasteiger partial charge on any atom is 0.248 e. The molecule has 3 N–H and O–H groups in total. The second kappa shape index (κ2) is 6.47. The first-order chi connectivity index (χ1) is 13.1. The second-order valence-corrected chi connectivity index (χ2v) is 8.56. The van der Waals surface area contributed by atoms with Gasteiger partial charge in [-0.25, -0.2) is 0 Å². The van der Waals surface area contributed by atoms with E-state index in [-0.39, 0.29) is 5.91 Å². The van der Waals surface area contributed by atoms with Gasteiger partial charge in [-0.05, 0) is 78.6 Å². The third-order valence-electron chi connectivity index (χ3n) is 6.87. The van der Waals surface area contributed by atoms with Gasteiger partial charge in [0.15, 0.2) is 0 Å². The Bertz CT molecular complexity index is 860. The van der Waals surface area contributed by atoms with Crippen molar-refractivity contribution < 1.29 is 4.79 Å². The molecule has 2 aromatic carbocycles. The molecule has 0 aromatic heterocycles. The van der Waals surface area contributed by atoms with Crippen LogP contribution in [0.3, 0.4) is 0 Å². The number of nitrogens with one attached hydrogen (secondary N) is 1. The first-order valence-corrected chi connectivity index (χ1v) is 10.1. The van der Waals surface area contributed by atoms with Crippen LogP contribution in [0.5, 0.6) is 0 Å². The highest BCUT2D eigenvalue weighted by molar-refractivity contribution is 5.93. The van der Waals surface area contributed by atoms with Gasteiger partial charge in [0.2, 0.25) is 5.91 Å². The number of nitrogens with zero attached hydrogens (tertiary/aromatic N) is 1. The maximum atomic E-state index is 11.3. The molecule has 1 spiro atoms. The van der Waals surface area contributed by atoms with Crippen LogP contribution in [0, 0.1) is 5.41 Å². The fourth-order valence-corrected chi connectivity index (χ4v) is 5.29. The Hall–Kier alpha value is -2.17. The van der Waals surface area contributed by atoms with Crippen molar-refractivity contribution in [2.75, 3.05) is 26.2 Å². The number of fused-ring (bicyclic) bond motifs is 1. The molecule has 2 saturated heterocycles. The van der Waals surface area contributed by atoms with Crippen LogP contribution in [-0.2, 0) is 6.42 Å². The number of nitrogens with two attached hydrogens (primary N) is 1. The van der Waals surface area contributed by atoms with E-state index in [4.69, 9.17) is 5.73 Å². The number of primary amides is 1. The summed E-state index contributed by atoms with van der Waals surface area (Å²) in [6, 6.07) is 15.1. The SMILES string of the molecule is NC(=O)c1ccc(-c2ccc3c(c2)CCC3N2CC3(CCNCC3)C2)cc1. The van der Waals surface area contributed by atoms with Gasteiger partial charge in [-0.1, -0.05) is 30.3 Å². The van der Waals surface area contributed by atoms with Gasteiger partial charge in [-0.15, -0.1) is 0 Å². The van der Waals surface area contributed by atoms with Gasteiger partial charge in [0, 0.05) is 24.7 Å². The molecule has 2 heterocycles. The van der Waals surface area contributed by atoms with E-state index in [9.17, 15) is 4.79 Å². The molecule has 1 atom stereocenters. The van der Waals surface area contributed by atoms with E-state index in [1.807, 2.05) is 24.3 Å². The molecule has 2 aromatic rings. The summed E-state index contributed by atoms with van der Waals surface area (Å²) in [6.07, 6.45) is 5.08. The van der Waals surface area contributed by atoms with E-state index in [1.165, 1.54) is 62.1 Å². The van der Waals surface area contributed by atoms with Gasteiger partial charge in [0.25, 0.3) is 0 Å². The van der Waals surface area contributed by atoms with E-state index in [0.717, 1.165) is 12.0 Å². The maximum absolute atomic E-state index is 11.3. The fraction of sp³-hybridized carbons (Fsp3) is 0.435. The largest absolute Gasteiger partial charge is 0.366 e. The Labute approximate surface area is 160 Å². The van der Waals surface area contributed by atoms with Crippen molar-refractivity contribution >= 4 is 5.91 Å². The Balaban J connectivity index is 1.33. The molecule has 4 nitrogen and oxygen atoms in total. The third-order valence-corrected chi connectivity index (χ3v) is 6.87. The molecule has 3 aliphatic rings. The molecule has 2 fully saturated rings. The van der Waals surface area contributed by atoms with Crippen molar-refractivity contribution in [2.45, 2.75) is 31.7 Å². The van der Waals surface area contributed by atoms with Gasteiger partial charge in [-0.2, -0.15) is 0 Å². The van der Waals surface area contributed by atoms with Crippen molar-refractivity contribution in [1.82, 2.24) is 10.2 Å². The number of benzene rings is 2. The number of piperidine rings is 1. The summed E-state index contributed by atoms with van der Waals surface area (Å²) in [5.41, 5.74) is 11.9. The topological polar surface area (TPSA) is 58.4 Å². The number of hydrogen-bond donors (Lipinski definition) is 2. The van der Waals surface area contributed by atoms with Gasteiger partial charge < -0.3 is 11.1 Å². The summed E-state index contributed by atoms with van der Waals surface area (Å²) in [6.45, 7) is 4.92. The molecule has 27 heavy (non-hydrogen) atoms. The predicted molar refractivity (Wildman–Crippen MR) is 108 cm³/mol. The molecular formula is C23H27N3O. The Morgan fingerprint density at radius 1 is 1.04 bits per heavy atom. The second-order valence-electron chi connectivity index (χ2n) is 8.56. The molecule has 140 valence electrons. The lowest BCUT2D eigenvalue weighted by Crippen LogP contribution is -2.60. The minimum atomic E-state index is -0.376. The minimum absolute atomic E-state index is 0.376. The molecule has 1 aliphatic carbocycles. The number of carbonyl (C=O) groups is 1. The van der Waals surface area contributed by atoms with E-state index < -0.39 is 0 Å². The Kier molecular flexibility index (Phi) is 4.06. The molecule has 1 unspecified atom stereocenters. The standard InChI is InChI=1S/C23H27N3O/c24-22(27)17-3-1-16(2-4-17)18-5-7-20-19(13-18)6-8-21(20)26-14-23(15-26)9-11-25-12-10-23/h1-5,7,13,21,25H,6,8-12,14-15H2,(H2,24,27). The molecule has 2 aliphatic heterocycles. The van der Waals surface area contributed by atoms with Crippen molar-refractivity contribution in [1.29, 1.82) is 0 Å². The highest BCUT2D eigenvalue weighted by Crippen LogP contribution is 2.47. The molecule has 1 amide bonds. The first kappa shape index (κ1) is 17.0. The van der Waals surface area contributed by atoms with E-state index in [1.54, 1.807) is 0 Å². The normalized spacial score (nSPS) is 23.8. The highest BCUT2D eigenvalue weighted by atomic mass is 16.1. The molecule has 0 saturated carbocycles. The fourth-order valence-electron chi connectivity index (χ4n) is 5.29. The van der Waals surface area contributed by atoms with Gasteiger partial charge >= 0.3 is 0 Å². The number of likely N-dealkylation sites (tertiary alicyclic amines) is 1. The number of rotatable bonds is 3. The van der Waals surface area contributed by atoms with Crippen molar-refractivity contribution in [3.8, 4) is 11.1 Å². The zero-order valence-corrected chi connectivity index (χ0v) is 15.7. The lowest BCUT2D eigenvalue weighted by molar-refractivity contribution is -0.0512. The molecule has 4 heteroatoms. The van der Waals surface area contributed by atoms with Crippen LogP contribution in [0.4, 0.5) is 0 Å². The monoisotopic (exact) mass is 361 g/mol. The Morgan fingerprint density at radius 3 is 2.44 bits per heavy atom. The predicted octanol–water partition coefficient (Wildman–Crippen LogP) is 3.13. The zero-order valence-electron chi connectivity index (χ0n) is 15.7. The lowest BCUT2D eigenvalue weighted by atomic mass is 9.71. The van der Waals surface area contributed by atoms with Crippen LogP contribution in [0.2, 0.25) is 0 Å². The van der Waals surface area contributed by atoms with Crippen LogP contribution < -0.4 is 11.1 Å². The summed E-state index contributed by atoms with van der Waals surface area (Å²) in [7, 11) is 0. The smallest absolute Gasteiger partial charge is 0.248 e. The average molecular weight is 361 g/mol. The quantitative estimate of drug-likeness (QED) is 0.883. The van der Waals surface area contributed by atoms with E-state index >= 15 is 0 Å². The summed E-state index contributed by atoms with van der Waals surface area (Å²) >= 11 is 0. The zero-order chi connectivity index (χ0) is 18.4. The molecule has 0 radical (unpaired) electrons. The molecule has 5 rings (SSSR count). The Morgan fingerprint density at radius 2 is 1.74 bits per heavy atom. The minimum Gasteiger partial charge on any atom is -0.366 e.